The van der Waals surface area contributed by atoms with Crippen LogP contribution in [0.2, 0.25) is 0 Å². The molecule has 0 atom stereocenters. The number of halogens is 3. The van der Waals surface area contributed by atoms with Crippen molar-refractivity contribution in [1.29, 1.82) is 0 Å². The maximum Gasteiger partial charge on any atom is 0.416 e. The minimum atomic E-state index is -4.42. The molecule has 1 aromatic rings. The summed E-state index contributed by atoms with van der Waals surface area (Å²) in [5.74, 6) is -0.0973. The quantitative estimate of drug-likeness (QED) is 0.832. The maximum atomic E-state index is 12.7. The molecule has 0 amide bonds. The molecule has 128 valence electrons. The molecular weight excluding hydrogens is 333 g/mol. The lowest BCUT2D eigenvalue weighted by Crippen LogP contribution is -2.19. The van der Waals surface area contributed by atoms with Crippen molar-refractivity contribution >= 4 is 17.8 Å². The zero-order valence-electron chi connectivity index (χ0n) is 13.1. The number of nitrogens with zero attached hydrogens (tertiary/aromatic N) is 2. The van der Waals surface area contributed by atoms with E-state index in [0.29, 0.717) is 22.4 Å². The van der Waals surface area contributed by atoms with E-state index in [9.17, 15) is 23.2 Å². The Balaban J connectivity index is 2.00. The van der Waals surface area contributed by atoms with Gasteiger partial charge in [-0.15, -0.1) is 0 Å². The van der Waals surface area contributed by atoms with Gasteiger partial charge in [-0.25, -0.2) is 10.1 Å². The molecule has 4 nitrogen and oxygen atoms in total. The summed E-state index contributed by atoms with van der Waals surface area (Å²) in [6.45, 7) is 1.68. The molecule has 1 heterocycles. The number of alkyl halides is 3. The molecule has 0 radical (unpaired) electrons. The molecule has 0 bridgehead atoms. The van der Waals surface area contributed by atoms with Crippen molar-refractivity contribution in [2.45, 2.75) is 13.1 Å². The van der Waals surface area contributed by atoms with Crippen LogP contribution in [-0.2, 0) is 11.0 Å². The maximum absolute atomic E-state index is 12.7. The molecule has 0 saturated carbocycles. The van der Waals surface area contributed by atoms with Crippen LogP contribution in [0, 0.1) is 0 Å². The SMILES string of the molecule is CC1=CC(=C2C=C(c3ccc(C(F)(F)F)cc3)N(O)C=N2)C=CC1=O. The van der Waals surface area contributed by atoms with Crippen molar-refractivity contribution in [2.75, 3.05) is 0 Å². The predicted molar refractivity (Wildman–Crippen MR) is 86.5 cm³/mol. The van der Waals surface area contributed by atoms with Crippen molar-refractivity contribution in [3.63, 3.8) is 0 Å². The number of aliphatic imine (C=N–C) groups is 1. The van der Waals surface area contributed by atoms with Crippen molar-refractivity contribution < 1.29 is 23.2 Å². The third-order valence-electron chi connectivity index (χ3n) is 3.81. The van der Waals surface area contributed by atoms with E-state index in [1.54, 1.807) is 25.2 Å². The van der Waals surface area contributed by atoms with E-state index in [4.69, 9.17) is 0 Å². The van der Waals surface area contributed by atoms with Gasteiger partial charge in [0.1, 0.15) is 6.34 Å². The second-order valence-corrected chi connectivity index (χ2v) is 5.56. The largest absolute Gasteiger partial charge is 0.416 e. The Bertz CT molecular complexity index is 873. The van der Waals surface area contributed by atoms with Crippen LogP contribution < -0.4 is 0 Å². The molecule has 2 aliphatic rings. The fraction of sp³-hybridized carbons (Fsp3) is 0.111. The smallest absolute Gasteiger partial charge is 0.290 e. The average Bonchev–Trinajstić information content (AvgIpc) is 2.57. The number of allylic oxidation sites excluding steroid dienone is 6. The molecule has 0 spiro atoms. The van der Waals surface area contributed by atoms with Gasteiger partial charge >= 0.3 is 6.18 Å². The van der Waals surface area contributed by atoms with Gasteiger partial charge in [0.2, 0.25) is 0 Å². The van der Waals surface area contributed by atoms with E-state index in [0.717, 1.165) is 23.5 Å². The summed E-state index contributed by atoms with van der Waals surface area (Å²) in [7, 11) is 0. The highest BCUT2D eigenvalue weighted by atomic mass is 19.4. The van der Waals surface area contributed by atoms with Gasteiger partial charge in [-0.05, 0) is 48.9 Å². The lowest BCUT2D eigenvalue weighted by molar-refractivity contribution is -0.137. The first-order valence-corrected chi connectivity index (χ1v) is 7.32. The van der Waals surface area contributed by atoms with E-state index in [2.05, 4.69) is 4.99 Å². The summed E-state index contributed by atoms with van der Waals surface area (Å²) in [5.41, 5.74) is 1.63. The molecule has 1 aliphatic heterocycles. The van der Waals surface area contributed by atoms with Crippen molar-refractivity contribution in [2.24, 2.45) is 4.99 Å². The van der Waals surface area contributed by atoms with E-state index in [1.807, 2.05) is 0 Å². The number of carbonyl (C=O) groups is 1. The number of hydrogen-bond donors (Lipinski definition) is 1. The Kier molecular flexibility index (Phi) is 4.18. The Hall–Kier alpha value is -2.93. The minimum Gasteiger partial charge on any atom is -0.290 e. The van der Waals surface area contributed by atoms with Gasteiger partial charge < -0.3 is 0 Å². The highest BCUT2D eigenvalue weighted by Crippen LogP contribution is 2.31. The summed E-state index contributed by atoms with van der Waals surface area (Å²) in [5, 5.41) is 10.7. The molecule has 25 heavy (non-hydrogen) atoms. The zero-order valence-corrected chi connectivity index (χ0v) is 13.1. The number of benzene rings is 1. The summed E-state index contributed by atoms with van der Waals surface area (Å²) in [6, 6.07) is 4.46. The number of ketones is 1. The Morgan fingerprint density at radius 2 is 1.76 bits per heavy atom. The number of carbonyl (C=O) groups excluding carboxylic acids is 1. The summed E-state index contributed by atoms with van der Waals surface area (Å²) >= 11 is 0. The second-order valence-electron chi connectivity index (χ2n) is 5.56. The molecule has 1 N–H and O–H groups in total. The summed E-state index contributed by atoms with van der Waals surface area (Å²) in [6.07, 6.45) is 2.97. The van der Waals surface area contributed by atoms with Gasteiger partial charge in [-0.1, -0.05) is 12.1 Å². The highest BCUT2D eigenvalue weighted by Gasteiger charge is 2.30. The van der Waals surface area contributed by atoms with E-state index in [-0.39, 0.29) is 11.5 Å². The van der Waals surface area contributed by atoms with Gasteiger partial charge in [-0.2, -0.15) is 13.2 Å². The Labute approximate surface area is 141 Å². The standard InChI is InChI=1S/C18H13F3N2O2/c1-11-8-13(4-7-17(11)24)15-9-16(23(25)10-22-15)12-2-5-14(6-3-12)18(19,20)21/h2-10,25H,1H3. The molecule has 3 rings (SSSR count). The van der Waals surface area contributed by atoms with Crippen LogP contribution in [0.5, 0.6) is 0 Å². The summed E-state index contributed by atoms with van der Waals surface area (Å²) < 4.78 is 38.0. The third-order valence-corrected chi connectivity index (χ3v) is 3.81. The average molecular weight is 346 g/mol. The van der Waals surface area contributed by atoms with Crippen molar-refractivity contribution in [1.82, 2.24) is 5.06 Å². The van der Waals surface area contributed by atoms with E-state index < -0.39 is 11.7 Å². The monoisotopic (exact) mass is 346 g/mol. The Morgan fingerprint density at radius 1 is 1.08 bits per heavy atom. The number of hydroxylamine groups is 2. The topological polar surface area (TPSA) is 52.9 Å². The number of hydrogen-bond acceptors (Lipinski definition) is 4. The number of rotatable bonds is 1. The Morgan fingerprint density at radius 3 is 2.36 bits per heavy atom. The van der Waals surface area contributed by atoms with Gasteiger partial charge in [0.15, 0.2) is 5.78 Å². The fourth-order valence-corrected chi connectivity index (χ4v) is 2.42. The van der Waals surface area contributed by atoms with E-state index >= 15 is 0 Å². The highest BCUT2D eigenvalue weighted by molar-refractivity contribution is 6.05. The molecule has 0 aromatic heterocycles. The minimum absolute atomic E-state index is 0.0973. The molecule has 0 fully saturated rings. The van der Waals surface area contributed by atoms with Crippen LogP contribution >= 0.6 is 0 Å². The zero-order chi connectivity index (χ0) is 18.2. The lowest BCUT2D eigenvalue weighted by Gasteiger charge is -2.21. The molecular formula is C18H13F3N2O2. The molecule has 0 unspecified atom stereocenters. The predicted octanol–water partition coefficient (Wildman–Crippen LogP) is 4.12. The van der Waals surface area contributed by atoms with Crippen molar-refractivity contribution in [3.8, 4) is 0 Å². The van der Waals surface area contributed by atoms with Crippen LogP contribution in [0.3, 0.4) is 0 Å². The molecule has 1 aromatic carbocycles. The van der Waals surface area contributed by atoms with Crippen LogP contribution in [0.15, 0.2) is 70.4 Å². The molecule has 7 heteroatoms. The first-order chi connectivity index (χ1) is 11.8. The first kappa shape index (κ1) is 16.9. The van der Waals surface area contributed by atoms with Crippen LogP contribution in [0.1, 0.15) is 18.1 Å². The fourth-order valence-electron chi connectivity index (χ4n) is 2.42. The lowest BCUT2D eigenvalue weighted by atomic mass is 9.99. The van der Waals surface area contributed by atoms with Crippen molar-refractivity contribution in [3.05, 3.63) is 76.5 Å². The van der Waals surface area contributed by atoms with Gasteiger partial charge in [0.25, 0.3) is 0 Å². The molecule has 0 saturated heterocycles. The summed E-state index contributed by atoms with van der Waals surface area (Å²) in [4.78, 5) is 15.6. The van der Waals surface area contributed by atoms with Crippen LogP contribution in [0.25, 0.3) is 5.70 Å². The van der Waals surface area contributed by atoms with Gasteiger partial charge in [0.05, 0.1) is 17.0 Å². The van der Waals surface area contributed by atoms with Crippen LogP contribution in [0.4, 0.5) is 13.2 Å². The third kappa shape index (κ3) is 3.46. The van der Waals surface area contributed by atoms with Gasteiger partial charge in [-0.3, -0.25) is 10.0 Å². The molecule has 1 aliphatic carbocycles. The van der Waals surface area contributed by atoms with E-state index in [1.165, 1.54) is 18.2 Å². The second kappa shape index (κ2) is 6.18. The van der Waals surface area contributed by atoms with Crippen LogP contribution in [-0.4, -0.2) is 22.4 Å². The normalized spacial score (nSPS) is 20.7. The van der Waals surface area contributed by atoms with Gasteiger partial charge in [0, 0.05) is 11.1 Å². The first-order valence-electron chi connectivity index (χ1n) is 7.32.